The van der Waals surface area contributed by atoms with Crippen LogP contribution in [-0.2, 0) is 6.54 Å². The minimum atomic E-state index is 1.00. The second-order valence-corrected chi connectivity index (χ2v) is 5.85. The molecule has 1 heterocycles. The standard InChI is InChI=1S/C19H22N2/c1-5-10-21-17-9-7-6-8-16(17)20-19(21)18-14(3)11-13(2)12-15(18)4/h6-9,11-12H,5,10H2,1-4H3. The van der Waals surface area contributed by atoms with E-state index < -0.39 is 0 Å². The van der Waals surface area contributed by atoms with E-state index >= 15 is 0 Å². The molecule has 0 aliphatic carbocycles. The lowest BCUT2D eigenvalue weighted by atomic mass is 9.99. The van der Waals surface area contributed by atoms with Crippen LogP contribution < -0.4 is 0 Å². The summed E-state index contributed by atoms with van der Waals surface area (Å²) >= 11 is 0. The van der Waals surface area contributed by atoms with E-state index in [1.807, 2.05) is 0 Å². The molecule has 0 saturated carbocycles. The third-order valence-electron chi connectivity index (χ3n) is 4.00. The van der Waals surface area contributed by atoms with Gasteiger partial charge < -0.3 is 4.57 Å². The number of para-hydroxylation sites is 2. The Morgan fingerprint density at radius 2 is 1.67 bits per heavy atom. The van der Waals surface area contributed by atoms with Gasteiger partial charge in [-0.3, -0.25) is 0 Å². The smallest absolute Gasteiger partial charge is 0.141 e. The largest absolute Gasteiger partial charge is 0.324 e. The highest BCUT2D eigenvalue weighted by atomic mass is 15.1. The minimum Gasteiger partial charge on any atom is -0.324 e. The number of rotatable bonds is 3. The molecule has 0 amide bonds. The number of aryl methyl sites for hydroxylation is 4. The van der Waals surface area contributed by atoms with Crippen molar-refractivity contribution in [2.45, 2.75) is 40.7 Å². The first-order chi connectivity index (χ1) is 10.1. The van der Waals surface area contributed by atoms with Crippen LogP contribution in [0.2, 0.25) is 0 Å². The summed E-state index contributed by atoms with van der Waals surface area (Å²) in [4.78, 5) is 4.92. The number of hydrogen-bond acceptors (Lipinski definition) is 1. The maximum atomic E-state index is 4.92. The number of aromatic nitrogens is 2. The summed E-state index contributed by atoms with van der Waals surface area (Å²) in [5.74, 6) is 1.10. The molecule has 2 heteroatoms. The van der Waals surface area contributed by atoms with E-state index in [9.17, 15) is 0 Å². The molecule has 0 atom stereocenters. The first-order valence-corrected chi connectivity index (χ1v) is 7.65. The molecule has 0 unspecified atom stereocenters. The van der Waals surface area contributed by atoms with Crippen molar-refractivity contribution in [1.29, 1.82) is 0 Å². The molecule has 3 aromatic rings. The molecule has 1 aromatic heterocycles. The van der Waals surface area contributed by atoms with Crippen molar-refractivity contribution in [3.8, 4) is 11.4 Å². The first kappa shape index (κ1) is 13.9. The zero-order valence-corrected chi connectivity index (χ0v) is 13.3. The Labute approximate surface area is 126 Å². The third-order valence-corrected chi connectivity index (χ3v) is 4.00. The molecule has 0 radical (unpaired) electrons. The van der Waals surface area contributed by atoms with Gasteiger partial charge in [0.05, 0.1) is 11.0 Å². The normalized spacial score (nSPS) is 11.2. The van der Waals surface area contributed by atoms with E-state index in [0.717, 1.165) is 24.3 Å². The van der Waals surface area contributed by atoms with Gasteiger partial charge in [-0.25, -0.2) is 4.98 Å². The molecule has 0 aliphatic heterocycles. The van der Waals surface area contributed by atoms with Gasteiger partial charge in [-0.1, -0.05) is 36.8 Å². The average Bonchev–Trinajstić information content (AvgIpc) is 2.77. The fourth-order valence-corrected chi connectivity index (χ4v) is 3.25. The van der Waals surface area contributed by atoms with Crippen molar-refractivity contribution >= 4 is 11.0 Å². The van der Waals surface area contributed by atoms with Crippen LogP contribution in [-0.4, -0.2) is 9.55 Å². The molecule has 0 N–H and O–H groups in total. The fraction of sp³-hybridized carbons (Fsp3) is 0.316. The van der Waals surface area contributed by atoms with Crippen LogP contribution in [0.25, 0.3) is 22.4 Å². The summed E-state index contributed by atoms with van der Waals surface area (Å²) in [6, 6.07) is 12.9. The molecular formula is C19H22N2. The lowest BCUT2D eigenvalue weighted by Gasteiger charge is -2.13. The summed E-state index contributed by atoms with van der Waals surface area (Å²) < 4.78 is 2.36. The van der Waals surface area contributed by atoms with Crippen LogP contribution in [0.5, 0.6) is 0 Å². The van der Waals surface area contributed by atoms with Gasteiger partial charge in [-0.15, -0.1) is 0 Å². The first-order valence-electron chi connectivity index (χ1n) is 7.65. The Morgan fingerprint density at radius 3 is 2.33 bits per heavy atom. The molecule has 0 spiro atoms. The van der Waals surface area contributed by atoms with Crippen LogP contribution in [0.3, 0.4) is 0 Å². The Balaban J connectivity index is 2.32. The molecular weight excluding hydrogens is 256 g/mol. The Morgan fingerprint density at radius 1 is 1.00 bits per heavy atom. The van der Waals surface area contributed by atoms with Crippen molar-refractivity contribution in [2.75, 3.05) is 0 Å². The van der Waals surface area contributed by atoms with Crippen LogP contribution in [0, 0.1) is 20.8 Å². The van der Waals surface area contributed by atoms with Crippen molar-refractivity contribution in [3.63, 3.8) is 0 Å². The van der Waals surface area contributed by atoms with Crippen molar-refractivity contribution < 1.29 is 0 Å². The van der Waals surface area contributed by atoms with Gasteiger partial charge in [-0.2, -0.15) is 0 Å². The molecule has 0 fully saturated rings. The van der Waals surface area contributed by atoms with Gasteiger partial charge in [0.2, 0.25) is 0 Å². The molecule has 0 bridgehead atoms. The summed E-state index contributed by atoms with van der Waals surface area (Å²) in [5.41, 5.74) is 7.52. The van der Waals surface area contributed by atoms with E-state index in [2.05, 4.69) is 68.7 Å². The van der Waals surface area contributed by atoms with Gasteiger partial charge in [0, 0.05) is 12.1 Å². The van der Waals surface area contributed by atoms with Gasteiger partial charge in [0.15, 0.2) is 0 Å². The minimum absolute atomic E-state index is 1.00. The zero-order chi connectivity index (χ0) is 15.0. The van der Waals surface area contributed by atoms with E-state index in [4.69, 9.17) is 4.98 Å². The highest BCUT2D eigenvalue weighted by Gasteiger charge is 2.15. The average molecular weight is 278 g/mol. The second kappa shape index (κ2) is 5.36. The number of hydrogen-bond donors (Lipinski definition) is 0. The number of fused-ring (bicyclic) bond motifs is 1. The Kier molecular flexibility index (Phi) is 3.54. The molecule has 0 aliphatic rings. The number of benzene rings is 2. The van der Waals surface area contributed by atoms with Gasteiger partial charge in [0.1, 0.15) is 5.82 Å². The summed E-state index contributed by atoms with van der Waals surface area (Å²) in [6.07, 6.45) is 1.11. The SMILES string of the molecule is CCCn1c(-c2c(C)cc(C)cc2C)nc2ccccc21. The highest BCUT2D eigenvalue weighted by molar-refractivity contribution is 5.82. The van der Waals surface area contributed by atoms with Crippen molar-refractivity contribution in [3.05, 3.63) is 53.1 Å². The maximum Gasteiger partial charge on any atom is 0.141 e. The molecule has 2 aromatic carbocycles. The number of imidazole rings is 1. The fourth-order valence-electron chi connectivity index (χ4n) is 3.25. The lowest BCUT2D eigenvalue weighted by Crippen LogP contribution is -2.02. The molecule has 21 heavy (non-hydrogen) atoms. The summed E-state index contributed by atoms with van der Waals surface area (Å²) in [6.45, 7) is 9.74. The number of nitrogens with zero attached hydrogens (tertiary/aromatic N) is 2. The predicted molar refractivity (Wildman–Crippen MR) is 89.7 cm³/mol. The topological polar surface area (TPSA) is 17.8 Å². The van der Waals surface area contributed by atoms with Crippen LogP contribution in [0.15, 0.2) is 36.4 Å². The maximum absolute atomic E-state index is 4.92. The zero-order valence-electron chi connectivity index (χ0n) is 13.3. The van der Waals surface area contributed by atoms with E-state index in [0.29, 0.717) is 0 Å². The van der Waals surface area contributed by atoms with Gasteiger partial charge in [-0.05, 0) is 50.5 Å². The molecule has 0 saturated heterocycles. The summed E-state index contributed by atoms with van der Waals surface area (Å²) in [7, 11) is 0. The van der Waals surface area contributed by atoms with E-state index in [-0.39, 0.29) is 0 Å². The highest BCUT2D eigenvalue weighted by Crippen LogP contribution is 2.31. The van der Waals surface area contributed by atoms with Crippen LogP contribution in [0.1, 0.15) is 30.0 Å². The van der Waals surface area contributed by atoms with Gasteiger partial charge >= 0.3 is 0 Å². The van der Waals surface area contributed by atoms with Gasteiger partial charge in [0.25, 0.3) is 0 Å². The Hall–Kier alpha value is -2.09. The third kappa shape index (κ3) is 2.35. The summed E-state index contributed by atoms with van der Waals surface area (Å²) in [5, 5.41) is 0. The molecule has 2 nitrogen and oxygen atoms in total. The van der Waals surface area contributed by atoms with Crippen molar-refractivity contribution in [2.24, 2.45) is 0 Å². The van der Waals surface area contributed by atoms with Crippen LogP contribution in [0.4, 0.5) is 0 Å². The monoisotopic (exact) mass is 278 g/mol. The molecule has 3 rings (SSSR count). The Bertz CT molecular complexity index is 773. The van der Waals surface area contributed by atoms with E-state index in [1.54, 1.807) is 0 Å². The predicted octanol–water partition coefficient (Wildman–Crippen LogP) is 5.04. The quantitative estimate of drug-likeness (QED) is 0.656. The lowest BCUT2D eigenvalue weighted by molar-refractivity contribution is 0.703. The molecule has 108 valence electrons. The van der Waals surface area contributed by atoms with Crippen LogP contribution >= 0.6 is 0 Å². The van der Waals surface area contributed by atoms with E-state index in [1.165, 1.54) is 27.8 Å². The van der Waals surface area contributed by atoms with Crippen molar-refractivity contribution in [1.82, 2.24) is 9.55 Å². The second-order valence-electron chi connectivity index (χ2n) is 5.85.